The summed E-state index contributed by atoms with van der Waals surface area (Å²) >= 11 is 0. The number of hydrogen-bond acceptors (Lipinski definition) is 3. The van der Waals surface area contributed by atoms with Gasteiger partial charge in [-0.05, 0) is 30.0 Å². The van der Waals surface area contributed by atoms with Crippen LogP contribution < -0.4 is 10.6 Å². The first-order valence-corrected chi connectivity index (χ1v) is 9.48. The molecule has 3 N–H and O–H groups in total. The Morgan fingerprint density at radius 3 is 2.57 bits per heavy atom. The number of ether oxygens (including phenoxy) is 1. The molecular formula is C22H25N3O3. The lowest BCUT2D eigenvalue weighted by atomic mass is 10.1. The maximum atomic E-state index is 11.9. The molecule has 146 valence electrons. The summed E-state index contributed by atoms with van der Waals surface area (Å²) in [5, 5.41) is 6.78. The zero-order valence-corrected chi connectivity index (χ0v) is 15.7. The Morgan fingerprint density at radius 1 is 0.929 bits per heavy atom. The topological polar surface area (TPSA) is 83.2 Å². The van der Waals surface area contributed by atoms with Crippen LogP contribution in [0.1, 0.15) is 24.0 Å². The summed E-state index contributed by atoms with van der Waals surface area (Å²) in [7, 11) is 0. The van der Waals surface area contributed by atoms with Crippen LogP contribution in [-0.2, 0) is 22.6 Å². The predicted molar refractivity (Wildman–Crippen MR) is 109 cm³/mol. The second kappa shape index (κ2) is 10.2. The molecule has 3 aromatic rings. The van der Waals surface area contributed by atoms with E-state index in [1.165, 1.54) is 10.9 Å². The third-order valence-electron chi connectivity index (χ3n) is 4.45. The van der Waals surface area contributed by atoms with E-state index in [1.807, 2.05) is 54.7 Å². The van der Waals surface area contributed by atoms with Gasteiger partial charge in [-0.3, -0.25) is 4.79 Å². The van der Waals surface area contributed by atoms with E-state index < -0.39 is 6.09 Å². The molecule has 1 aromatic heterocycles. The second-order valence-corrected chi connectivity index (χ2v) is 6.55. The van der Waals surface area contributed by atoms with E-state index >= 15 is 0 Å². The standard InChI is InChI=1S/C22H25N3O3/c26-21(23-14-12-18-15-25-20-10-5-4-9-19(18)20)11-6-13-24-22(27)28-16-17-7-2-1-3-8-17/h1-5,7-10,15,25H,6,11-14,16H2,(H,23,26)(H,24,27). The molecule has 2 aromatic carbocycles. The van der Waals surface area contributed by atoms with Crippen LogP contribution in [0.2, 0.25) is 0 Å². The Bertz CT molecular complexity index is 906. The number of fused-ring (bicyclic) bond motifs is 1. The summed E-state index contributed by atoms with van der Waals surface area (Å²) < 4.78 is 5.12. The highest BCUT2D eigenvalue weighted by Gasteiger charge is 2.06. The number of aromatic amines is 1. The van der Waals surface area contributed by atoms with Gasteiger partial charge in [-0.15, -0.1) is 0 Å². The van der Waals surface area contributed by atoms with E-state index in [1.54, 1.807) is 0 Å². The predicted octanol–water partition coefficient (Wildman–Crippen LogP) is 3.53. The number of benzene rings is 2. The zero-order chi connectivity index (χ0) is 19.6. The molecule has 3 rings (SSSR count). The molecule has 6 heteroatoms. The van der Waals surface area contributed by atoms with E-state index in [0.29, 0.717) is 25.9 Å². The van der Waals surface area contributed by atoms with Crippen molar-refractivity contribution >= 4 is 22.9 Å². The number of para-hydroxylation sites is 1. The van der Waals surface area contributed by atoms with E-state index in [4.69, 9.17) is 4.74 Å². The van der Waals surface area contributed by atoms with Gasteiger partial charge in [0.2, 0.25) is 5.91 Å². The molecule has 2 amide bonds. The van der Waals surface area contributed by atoms with Gasteiger partial charge in [-0.25, -0.2) is 4.79 Å². The van der Waals surface area contributed by atoms with Crippen molar-refractivity contribution in [1.29, 1.82) is 0 Å². The fraction of sp³-hybridized carbons (Fsp3) is 0.273. The van der Waals surface area contributed by atoms with Gasteiger partial charge in [0.15, 0.2) is 0 Å². The molecule has 1 heterocycles. The van der Waals surface area contributed by atoms with E-state index in [0.717, 1.165) is 17.5 Å². The summed E-state index contributed by atoms with van der Waals surface area (Å²) in [6, 6.07) is 17.6. The van der Waals surface area contributed by atoms with Crippen LogP contribution in [0.25, 0.3) is 10.9 Å². The molecule has 6 nitrogen and oxygen atoms in total. The average Bonchev–Trinajstić information content (AvgIpc) is 3.14. The first kappa shape index (κ1) is 19.5. The molecule has 0 spiro atoms. The number of hydrogen-bond donors (Lipinski definition) is 3. The summed E-state index contributed by atoms with van der Waals surface area (Å²) in [5.74, 6) is -0.0145. The molecule has 0 atom stereocenters. The third-order valence-corrected chi connectivity index (χ3v) is 4.45. The molecule has 0 aliphatic carbocycles. The van der Waals surface area contributed by atoms with Crippen LogP contribution in [0.15, 0.2) is 60.8 Å². The number of alkyl carbamates (subject to hydrolysis) is 1. The summed E-state index contributed by atoms with van der Waals surface area (Å²) in [6.07, 6.45) is 3.23. The number of carbonyl (C=O) groups excluding carboxylic acids is 2. The number of H-pyrrole nitrogens is 1. The maximum absolute atomic E-state index is 11.9. The molecule has 0 aliphatic rings. The lowest BCUT2D eigenvalue weighted by Crippen LogP contribution is -2.28. The van der Waals surface area contributed by atoms with Crippen molar-refractivity contribution in [1.82, 2.24) is 15.6 Å². The summed E-state index contributed by atoms with van der Waals surface area (Å²) in [5.41, 5.74) is 3.24. The highest BCUT2D eigenvalue weighted by molar-refractivity contribution is 5.83. The third kappa shape index (κ3) is 5.87. The molecule has 0 bridgehead atoms. The SMILES string of the molecule is O=C(CCCNC(=O)OCc1ccccc1)NCCc1c[nH]c2ccccc12. The highest BCUT2D eigenvalue weighted by atomic mass is 16.5. The van der Waals surface area contributed by atoms with Crippen LogP contribution >= 0.6 is 0 Å². The van der Waals surface area contributed by atoms with Gasteiger partial charge in [0.05, 0.1) is 0 Å². The number of rotatable bonds is 9. The van der Waals surface area contributed by atoms with Crippen molar-refractivity contribution in [3.05, 3.63) is 71.9 Å². The molecule has 0 aliphatic heterocycles. The minimum Gasteiger partial charge on any atom is -0.445 e. The molecule has 28 heavy (non-hydrogen) atoms. The Hall–Kier alpha value is -3.28. The molecule has 0 radical (unpaired) electrons. The van der Waals surface area contributed by atoms with Gasteiger partial charge in [0.1, 0.15) is 6.61 Å². The Labute approximate surface area is 164 Å². The van der Waals surface area contributed by atoms with Crippen LogP contribution in [-0.4, -0.2) is 30.1 Å². The first-order valence-electron chi connectivity index (χ1n) is 9.48. The van der Waals surface area contributed by atoms with Gasteiger partial charge in [0.25, 0.3) is 0 Å². The van der Waals surface area contributed by atoms with Gasteiger partial charge in [-0.1, -0.05) is 48.5 Å². The number of aromatic nitrogens is 1. The zero-order valence-electron chi connectivity index (χ0n) is 15.7. The Morgan fingerprint density at radius 2 is 1.71 bits per heavy atom. The maximum Gasteiger partial charge on any atom is 0.407 e. The molecule has 0 unspecified atom stereocenters. The highest BCUT2D eigenvalue weighted by Crippen LogP contribution is 2.17. The van der Waals surface area contributed by atoms with Crippen molar-refractivity contribution in [3.63, 3.8) is 0 Å². The minimum absolute atomic E-state index is 0.0145. The number of nitrogens with one attached hydrogen (secondary N) is 3. The van der Waals surface area contributed by atoms with Crippen LogP contribution in [0.5, 0.6) is 0 Å². The van der Waals surface area contributed by atoms with Crippen molar-refractivity contribution in [2.75, 3.05) is 13.1 Å². The number of carbonyl (C=O) groups is 2. The van der Waals surface area contributed by atoms with Gasteiger partial charge >= 0.3 is 6.09 Å². The van der Waals surface area contributed by atoms with Gasteiger partial charge in [-0.2, -0.15) is 0 Å². The van der Waals surface area contributed by atoms with Gasteiger partial charge in [0, 0.05) is 36.6 Å². The molecular weight excluding hydrogens is 354 g/mol. The summed E-state index contributed by atoms with van der Waals surface area (Å²) in [6.45, 7) is 1.23. The number of amides is 2. The molecule has 0 saturated carbocycles. The van der Waals surface area contributed by atoms with E-state index in [2.05, 4.69) is 21.7 Å². The van der Waals surface area contributed by atoms with Crippen molar-refractivity contribution in [2.24, 2.45) is 0 Å². The monoisotopic (exact) mass is 379 g/mol. The largest absolute Gasteiger partial charge is 0.445 e. The fourth-order valence-electron chi connectivity index (χ4n) is 2.98. The summed E-state index contributed by atoms with van der Waals surface area (Å²) in [4.78, 5) is 26.8. The molecule has 0 fully saturated rings. The van der Waals surface area contributed by atoms with E-state index in [9.17, 15) is 9.59 Å². The fourth-order valence-corrected chi connectivity index (χ4v) is 2.98. The lowest BCUT2D eigenvalue weighted by Gasteiger charge is -2.07. The molecule has 0 saturated heterocycles. The Balaban J connectivity index is 1.26. The smallest absolute Gasteiger partial charge is 0.407 e. The van der Waals surface area contributed by atoms with Crippen LogP contribution in [0.4, 0.5) is 4.79 Å². The van der Waals surface area contributed by atoms with Crippen LogP contribution in [0, 0.1) is 0 Å². The normalized spacial score (nSPS) is 10.6. The average molecular weight is 379 g/mol. The quantitative estimate of drug-likeness (QED) is 0.497. The minimum atomic E-state index is -0.469. The van der Waals surface area contributed by atoms with Crippen LogP contribution in [0.3, 0.4) is 0 Å². The second-order valence-electron chi connectivity index (χ2n) is 6.55. The van der Waals surface area contributed by atoms with E-state index in [-0.39, 0.29) is 12.5 Å². The van der Waals surface area contributed by atoms with Crippen molar-refractivity contribution in [3.8, 4) is 0 Å². The van der Waals surface area contributed by atoms with Gasteiger partial charge < -0.3 is 20.4 Å². The Kier molecular flexibility index (Phi) is 7.07. The lowest BCUT2D eigenvalue weighted by molar-refractivity contribution is -0.121. The van der Waals surface area contributed by atoms with Crippen molar-refractivity contribution in [2.45, 2.75) is 25.9 Å². The first-order chi connectivity index (χ1) is 13.7. The van der Waals surface area contributed by atoms with Crippen molar-refractivity contribution < 1.29 is 14.3 Å².